The van der Waals surface area contributed by atoms with Crippen molar-refractivity contribution in [2.75, 3.05) is 47.1 Å². The summed E-state index contributed by atoms with van der Waals surface area (Å²) in [4.78, 5) is 13.9. The topological polar surface area (TPSA) is 94.2 Å². The summed E-state index contributed by atoms with van der Waals surface area (Å²) in [6.07, 6.45) is 1.14. The minimum atomic E-state index is -3.59. The van der Waals surface area contributed by atoms with Crippen molar-refractivity contribution in [3.05, 3.63) is 24.3 Å². The third-order valence-electron chi connectivity index (χ3n) is 4.20. The third kappa shape index (κ3) is 5.94. The van der Waals surface area contributed by atoms with Crippen molar-refractivity contribution in [2.24, 2.45) is 0 Å². The fourth-order valence-corrected chi connectivity index (χ4v) is 3.99. The molecule has 146 valence electrons. The first-order valence-corrected chi connectivity index (χ1v) is 9.95. The predicted octanol–water partition coefficient (Wildman–Crippen LogP) is 0.628. The van der Waals surface area contributed by atoms with Gasteiger partial charge in [0.05, 0.1) is 25.2 Å². The SMILES string of the molecule is COCCOCC(=O)N1CCC(NS(=O)(=O)c2ccc(OC)cc2)CC1. The number of carbonyl (C=O) groups is 1. The van der Waals surface area contributed by atoms with Gasteiger partial charge >= 0.3 is 0 Å². The van der Waals surface area contributed by atoms with E-state index in [2.05, 4.69) is 4.72 Å². The molecule has 26 heavy (non-hydrogen) atoms. The van der Waals surface area contributed by atoms with Gasteiger partial charge in [-0.2, -0.15) is 0 Å². The lowest BCUT2D eigenvalue weighted by molar-refractivity contribution is -0.137. The molecule has 2 rings (SSSR count). The number of piperidine rings is 1. The monoisotopic (exact) mass is 386 g/mol. The van der Waals surface area contributed by atoms with Gasteiger partial charge in [0.15, 0.2) is 0 Å². The molecule has 1 fully saturated rings. The Hall–Kier alpha value is -1.68. The van der Waals surface area contributed by atoms with Crippen molar-refractivity contribution >= 4 is 15.9 Å². The van der Waals surface area contributed by atoms with E-state index in [1.807, 2.05) is 0 Å². The predicted molar refractivity (Wildman–Crippen MR) is 95.6 cm³/mol. The molecule has 0 atom stereocenters. The molecule has 0 radical (unpaired) electrons. The van der Waals surface area contributed by atoms with Crippen LogP contribution in [0.5, 0.6) is 5.75 Å². The van der Waals surface area contributed by atoms with E-state index in [4.69, 9.17) is 14.2 Å². The highest BCUT2D eigenvalue weighted by molar-refractivity contribution is 7.89. The van der Waals surface area contributed by atoms with Crippen molar-refractivity contribution in [3.8, 4) is 5.75 Å². The van der Waals surface area contributed by atoms with E-state index >= 15 is 0 Å². The number of hydrogen-bond acceptors (Lipinski definition) is 6. The summed E-state index contributed by atoms with van der Waals surface area (Å²) < 4.78 is 42.8. The fourth-order valence-electron chi connectivity index (χ4n) is 2.68. The maximum atomic E-state index is 12.5. The summed E-state index contributed by atoms with van der Waals surface area (Å²) in [5.41, 5.74) is 0. The second-order valence-corrected chi connectivity index (χ2v) is 7.71. The van der Waals surface area contributed by atoms with Crippen molar-refractivity contribution in [3.63, 3.8) is 0 Å². The van der Waals surface area contributed by atoms with Crippen LogP contribution in [0.2, 0.25) is 0 Å². The van der Waals surface area contributed by atoms with Gasteiger partial charge in [0.1, 0.15) is 12.4 Å². The molecule has 1 aliphatic heterocycles. The molecule has 0 bridgehead atoms. The number of amides is 1. The Morgan fingerprint density at radius 2 is 1.81 bits per heavy atom. The highest BCUT2D eigenvalue weighted by Crippen LogP contribution is 2.18. The van der Waals surface area contributed by atoms with Gasteiger partial charge in [-0.3, -0.25) is 4.79 Å². The second kappa shape index (κ2) is 9.86. The molecule has 1 aliphatic rings. The number of benzene rings is 1. The molecule has 1 heterocycles. The van der Waals surface area contributed by atoms with Crippen molar-refractivity contribution in [2.45, 2.75) is 23.8 Å². The van der Waals surface area contributed by atoms with Crippen LogP contribution in [0.4, 0.5) is 0 Å². The Balaban J connectivity index is 1.81. The first-order chi connectivity index (χ1) is 12.5. The van der Waals surface area contributed by atoms with Crippen molar-refractivity contribution < 1.29 is 27.4 Å². The van der Waals surface area contributed by atoms with Crippen LogP contribution in [0.15, 0.2) is 29.2 Å². The van der Waals surface area contributed by atoms with Gasteiger partial charge in [0, 0.05) is 26.2 Å². The largest absolute Gasteiger partial charge is 0.497 e. The van der Waals surface area contributed by atoms with Crippen LogP contribution < -0.4 is 9.46 Å². The van der Waals surface area contributed by atoms with Crippen molar-refractivity contribution in [1.82, 2.24) is 9.62 Å². The standard InChI is InChI=1S/C17H26N2O6S/c1-23-11-12-25-13-17(20)19-9-7-14(8-10-19)18-26(21,22)16-5-3-15(24-2)4-6-16/h3-6,14,18H,7-13H2,1-2H3. The summed E-state index contributed by atoms with van der Waals surface area (Å²) in [6, 6.07) is 6.05. The Morgan fingerprint density at radius 3 is 2.38 bits per heavy atom. The molecule has 1 saturated heterocycles. The molecule has 0 aliphatic carbocycles. The van der Waals surface area contributed by atoms with Gasteiger partial charge in [0.25, 0.3) is 0 Å². The first kappa shape index (κ1) is 20.6. The van der Waals surface area contributed by atoms with Gasteiger partial charge in [-0.15, -0.1) is 0 Å². The molecular formula is C17H26N2O6S. The van der Waals surface area contributed by atoms with Gasteiger partial charge in [0.2, 0.25) is 15.9 Å². The minimum absolute atomic E-state index is 0.0194. The zero-order chi connectivity index (χ0) is 19.0. The van der Waals surface area contributed by atoms with Crippen LogP contribution in [0.1, 0.15) is 12.8 Å². The molecule has 0 aromatic heterocycles. The van der Waals surface area contributed by atoms with E-state index in [1.165, 1.54) is 19.2 Å². The van der Waals surface area contributed by atoms with Crippen molar-refractivity contribution in [1.29, 1.82) is 0 Å². The Labute approximate surface area is 154 Å². The molecule has 1 aromatic carbocycles. The molecule has 1 N–H and O–H groups in total. The van der Waals surface area contributed by atoms with Crippen LogP contribution in [0.3, 0.4) is 0 Å². The maximum Gasteiger partial charge on any atom is 0.248 e. The van der Waals surface area contributed by atoms with E-state index in [-0.39, 0.29) is 23.5 Å². The highest BCUT2D eigenvalue weighted by atomic mass is 32.2. The number of likely N-dealkylation sites (tertiary alicyclic amines) is 1. The fraction of sp³-hybridized carbons (Fsp3) is 0.588. The van der Waals surface area contributed by atoms with Gasteiger partial charge in [-0.1, -0.05) is 0 Å². The molecule has 0 spiro atoms. The smallest absolute Gasteiger partial charge is 0.248 e. The van der Waals surface area contributed by atoms with E-state index < -0.39 is 10.0 Å². The maximum absolute atomic E-state index is 12.5. The normalized spacial score (nSPS) is 15.8. The van der Waals surface area contributed by atoms with Gasteiger partial charge in [-0.05, 0) is 37.1 Å². The summed E-state index contributed by atoms with van der Waals surface area (Å²) >= 11 is 0. The average molecular weight is 386 g/mol. The Bertz CT molecular complexity index is 669. The van der Waals surface area contributed by atoms with Crippen LogP contribution >= 0.6 is 0 Å². The number of sulfonamides is 1. The highest BCUT2D eigenvalue weighted by Gasteiger charge is 2.26. The molecule has 0 saturated carbocycles. The zero-order valence-electron chi connectivity index (χ0n) is 15.1. The van der Waals surface area contributed by atoms with Crippen LogP contribution in [0.25, 0.3) is 0 Å². The number of ether oxygens (including phenoxy) is 3. The molecular weight excluding hydrogens is 360 g/mol. The van der Waals surface area contributed by atoms with Crippen LogP contribution in [-0.2, 0) is 24.3 Å². The number of hydrogen-bond donors (Lipinski definition) is 1. The average Bonchev–Trinajstić information content (AvgIpc) is 2.65. The molecule has 1 amide bonds. The van der Waals surface area contributed by atoms with E-state index in [0.29, 0.717) is 44.9 Å². The number of rotatable bonds is 9. The summed E-state index contributed by atoms with van der Waals surface area (Å²) in [6.45, 7) is 1.85. The van der Waals surface area contributed by atoms with Gasteiger partial charge < -0.3 is 19.1 Å². The summed E-state index contributed by atoms with van der Waals surface area (Å²) in [5, 5.41) is 0. The Morgan fingerprint density at radius 1 is 1.15 bits per heavy atom. The zero-order valence-corrected chi connectivity index (χ0v) is 16.0. The lowest BCUT2D eigenvalue weighted by atomic mass is 10.1. The number of nitrogens with zero attached hydrogens (tertiary/aromatic N) is 1. The number of carbonyl (C=O) groups excluding carboxylic acids is 1. The Kier molecular flexibility index (Phi) is 7.83. The number of nitrogens with one attached hydrogen (secondary N) is 1. The van der Waals surface area contributed by atoms with Crippen LogP contribution in [-0.4, -0.2) is 72.4 Å². The summed E-state index contributed by atoms with van der Waals surface area (Å²) in [7, 11) is -0.491. The quantitative estimate of drug-likeness (QED) is 0.626. The van der Waals surface area contributed by atoms with E-state index in [1.54, 1.807) is 24.1 Å². The third-order valence-corrected chi connectivity index (χ3v) is 5.73. The summed E-state index contributed by atoms with van der Waals surface area (Å²) in [5.74, 6) is 0.515. The second-order valence-electron chi connectivity index (χ2n) is 6.00. The van der Waals surface area contributed by atoms with E-state index in [9.17, 15) is 13.2 Å². The van der Waals surface area contributed by atoms with Crippen LogP contribution in [0, 0.1) is 0 Å². The van der Waals surface area contributed by atoms with Gasteiger partial charge in [-0.25, -0.2) is 13.1 Å². The van der Waals surface area contributed by atoms with E-state index in [0.717, 1.165) is 0 Å². The minimum Gasteiger partial charge on any atom is -0.497 e. The molecule has 8 nitrogen and oxygen atoms in total. The lowest BCUT2D eigenvalue weighted by Crippen LogP contribution is -2.47. The number of methoxy groups -OCH3 is 2. The first-order valence-electron chi connectivity index (χ1n) is 8.47. The molecule has 1 aromatic rings. The molecule has 9 heteroatoms. The lowest BCUT2D eigenvalue weighted by Gasteiger charge is -2.32. The molecule has 0 unspecified atom stereocenters.